The van der Waals surface area contributed by atoms with Crippen LogP contribution in [0.3, 0.4) is 0 Å². The fourth-order valence-electron chi connectivity index (χ4n) is 2.46. The molecule has 0 saturated heterocycles. The summed E-state index contributed by atoms with van der Waals surface area (Å²) in [6.07, 6.45) is 3.46. The summed E-state index contributed by atoms with van der Waals surface area (Å²) in [7, 11) is 0. The Bertz CT molecular complexity index is 588. The lowest BCUT2D eigenvalue weighted by Gasteiger charge is -2.03. The van der Waals surface area contributed by atoms with Crippen LogP contribution in [0.4, 0.5) is 0 Å². The highest BCUT2D eigenvalue weighted by molar-refractivity contribution is 5.99. The molecular weight excluding hydrogens is 272 g/mol. The summed E-state index contributed by atoms with van der Waals surface area (Å²) in [6.45, 7) is 0. The van der Waals surface area contributed by atoms with Crippen LogP contribution in [0.25, 0.3) is 0 Å². The Kier molecular flexibility index (Phi) is 6.56. The molecule has 0 unspecified atom stereocenters. The SMILES string of the molecule is O=C(CCCc1ccccc1)CC(=O)CCc1ccccc1. The first-order chi connectivity index (χ1) is 10.7. The van der Waals surface area contributed by atoms with Gasteiger partial charge in [-0.15, -0.1) is 0 Å². The van der Waals surface area contributed by atoms with Crippen molar-refractivity contribution in [1.29, 1.82) is 0 Å². The van der Waals surface area contributed by atoms with Crippen molar-refractivity contribution in [3.8, 4) is 0 Å². The van der Waals surface area contributed by atoms with E-state index in [1.54, 1.807) is 0 Å². The van der Waals surface area contributed by atoms with Gasteiger partial charge in [-0.1, -0.05) is 60.7 Å². The second-order valence-electron chi connectivity index (χ2n) is 5.58. The van der Waals surface area contributed by atoms with Crippen LogP contribution in [0.2, 0.25) is 0 Å². The average Bonchev–Trinajstić information content (AvgIpc) is 2.55. The molecule has 0 bridgehead atoms. The molecule has 2 heteroatoms. The maximum Gasteiger partial charge on any atom is 0.140 e. The second-order valence-corrected chi connectivity index (χ2v) is 5.58. The van der Waals surface area contributed by atoms with E-state index in [1.165, 1.54) is 5.56 Å². The van der Waals surface area contributed by atoms with Gasteiger partial charge in [0.05, 0.1) is 6.42 Å². The molecule has 0 aromatic heterocycles. The third kappa shape index (κ3) is 6.04. The number of hydrogen-bond donors (Lipinski definition) is 0. The molecule has 0 radical (unpaired) electrons. The largest absolute Gasteiger partial charge is 0.299 e. The Morgan fingerprint density at radius 2 is 1.14 bits per heavy atom. The van der Waals surface area contributed by atoms with Crippen LogP contribution in [0.1, 0.15) is 36.8 Å². The van der Waals surface area contributed by atoms with E-state index in [0.717, 1.165) is 24.8 Å². The maximum absolute atomic E-state index is 11.8. The Labute approximate surface area is 132 Å². The number of hydrogen-bond acceptors (Lipinski definition) is 2. The standard InChI is InChI=1S/C20H22O2/c21-19(13-7-12-17-8-3-1-4-9-17)16-20(22)15-14-18-10-5-2-6-11-18/h1-6,8-11H,7,12-16H2. The number of carbonyl (C=O) groups excluding carboxylic acids is 2. The predicted octanol–water partition coefficient (Wildman–Crippen LogP) is 4.17. The van der Waals surface area contributed by atoms with Crippen molar-refractivity contribution in [2.75, 3.05) is 0 Å². The summed E-state index contributed by atoms with van der Waals surface area (Å²) in [6, 6.07) is 20.0. The lowest BCUT2D eigenvalue weighted by atomic mass is 10.0. The Hall–Kier alpha value is -2.22. The third-order valence-electron chi connectivity index (χ3n) is 3.69. The zero-order chi connectivity index (χ0) is 15.6. The molecule has 114 valence electrons. The van der Waals surface area contributed by atoms with Crippen molar-refractivity contribution in [1.82, 2.24) is 0 Å². The van der Waals surface area contributed by atoms with Gasteiger partial charge >= 0.3 is 0 Å². The summed E-state index contributed by atoms with van der Waals surface area (Å²) in [4.78, 5) is 23.7. The van der Waals surface area contributed by atoms with E-state index >= 15 is 0 Å². The zero-order valence-electron chi connectivity index (χ0n) is 12.8. The minimum Gasteiger partial charge on any atom is -0.299 e. The smallest absolute Gasteiger partial charge is 0.140 e. The van der Waals surface area contributed by atoms with Crippen LogP contribution in [-0.4, -0.2) is 11.6 Å². The van der Waals surface area contributed by atoms with E-state index in [-0.39, 0.29) is 18.0 Å². The molecule has 0 fully saturated rings. The molecule has 2 nitrogen and oxygen atoms in total. The number of carbonyl (C=O) groups is 2. The van der Waals surface area contributed by atoms with Gasteiger partial charge in [0.1, 0.15) is 11.6 Å². The Balaban J connectivity index is 1.63. The van der Waals surface area contributed by atoms with Gasteiger partial charge in [0.25, 0.3) is 0 Å². The molecule has 0 N–H and O–H groups in total. The monoisotopic (exact) mass is 294 g/mol. The van der Waals surface area contributed by atoms with Crippen LogP contribution in [0.5, 0.6) is 0 Å². The van der Waals surface area contributed by atoms with E-state index in [0.29, 0.717) is 12.8 Å². The van der Waals surface area contributed by atoms with Crippen LogP contribution < -0.4 is 0 Å². The first-order valence-corrected chi connectivity index (χ1v) is 7.85. The minimum atomic E-state index is 0.0496. The molecule has 22 heavy (non-hydrogen) atoms. The number of benzene rings is 2. The first kappa shape index (κ1) is 16.2. The Morgan fingerprint density at radius 1 is 0.636 bits per heavy atom. The first-order valence-electron chi connectivity index (χ1n) is 7.85. The Morgan fingerprint density at radius 3 is 1.73 bits per heavy atom. The van der Waals surface area contributed by atoms with Crippen LogP contribution in [-0.2, 0) is 22.4 Å². The van der Waals surface area contributed by atoms with E-state index < -0.39 is 0 Å². The van der Waals surface area contributed by atoms with Crippen molar-refractivity contribution < 1.29 is 9.59 Å². The fraction of sp³-hybridized carbons (Fsp3) is 0.300. The molecule has 2 aromatic carbocycles. The molecule has 0 amide bonds. The quantitative estimate of drug-likeness (QED) is 0.650. The highest BCUT2D eigenvalue weighted by atomic mass is 16.1. The number of rotatable bonds is 9. The van der Waals surface area contributed by atoms with Gasteiger partial charge < -0.3 is 0 Å². The van der Waals surface area contributed by atoms with Crippen molar-refractivity contribution >= 4 is 11.6 Å². The molecule has 0 aliphatic heterocycles. The van der Waals surface area contributed by atoms with Gasteiger partial charge in [-0.2, -0.15) is 0 Å². The number of aryl methyl sites for hydroxylation is 2. The molecule has 2 aromatic rings. The van der Waals surface area contributed by atoms with Gasteiger partial charge in [-0.3, -0.25) is 9.59 Å². The van der Waals surface area contributed by atoms with Crippen molar-refractivity contribution in [3.63, 3.8) is 0 Å². The van der Waals surface area contributed by atoms with Crippen LogP contribution >= 0.6 is 0 Å². The summed E-state index contributed by atoms with van der Waals surface area (Å²) >= 11 is 0. The maximum atomic E-state index is 11.8. The van der Waals surface area contributed by atoms with E-state index in [9.17, 15) is 9.59 Å². The topological polar surface area (TPSA) is 34.1 Å². The van der Waals surface area contributed by atoms with Gasteiger partial charge in [-0.05, 0) is 30.4 Å². The van der Waals surface area contributed by atoms with Crippen molar-refractivity contribution in [2.24, 2.45) is 0 Å². The summed E-state index contributed by atoms with van der Waals surface area (Å²) in [5.74, 6) is 0.113. The molecule has 0 aliphatic rings. The summed E-state index contributed by atoms with van der Waals surface area (Å²) < 4.78 is 0. The summed E-state index contributed by atoms with van der Waals surface area (Å²) in [5, 5.41) is 0. The average molecular weight is 294 g/mol. The van der Waals surface area contributed by atoms with Gasteiger partial charge in [-0.25, -0.2) is 0 Å². The van der Waals surface area contributed by atoms with Gasteiger partial charge in [0.2, 0.25) is 0 Å². The predicted molar refractivity (Wildman–Crippen MR) is 88.8 cm³/mol. The van der Waals surface area contributed by atoms with Crippen LogP contribution in [0, 0.1) is 0 Å². The fourth-order valence-corrected chi connectivity index (χ4v) is 2.46. The normalized spacial score (nSPS) is 10.4. The molecule has 0 spiro atoms. The van der Waals surface area contributed by atoms with E-state index in [4.69, 9.17) is 0 Å². The number of Topliss-reactive ketones (excluding diaryl/α,β-unsaturated/α-hetero) is 2. The molecule has 2 rings (SSSR count). The van der Waals surface area contributed by atoms with Crippen LogP contribution in [0.15, 0.2) is 60.7 Å². The molecule has 0 heterocycles. The second kappa shape index (κ2) is 8.93. The number of ketones is 2. The minimum absolute atomic E-state index is 0.0496. The summed E-state index contributed by atoms with van der Waals surface area (Å²) in [5.41, 5.74) is 2.39. The lowest BCUT2D eigenvalue weighted by molar-refractivity contribution is -0.127. The highest BCUT2D eigenvalue weighted by Crippen LogP contribution is 2.08. The van der Waals surface area contributed by atoms with Crippen molar-refractivity contribution in [3.05, 3.63) is 71.8 Å². The van der Waals surface area contributed by atoms with E-state index in [2.05, 4.69) is 12.1 Å². The zero-order valence-corrected chi connectivity index (χ0v) is 12.8. The van der Waals surface area contributed by atoms with Crippen molar-refractivity contribution in [2.45, 2.75) is 38.5 Å². The van der Waals surface area contributed by atoms with Gasteiger partial charge in [0, 0.05) is 12.8 Å². The highest BCUT2D eigenvalue weighted by Gasteiger charge is 2.09. The molecule has 0 aliphatic carbocycles. The lowest BCUT2D eigenvalue weighted by Crippen LogP contribution is -2.09. The molecular formula is C20H22O2. The third-order valence-corrected chi connectivity index (χ3v) is 3.69. The molecule has 0 saturated carbocycles. The van der Waals surface area contributed by atoms with Gasteiger partial charge in [0.15, 0.2) is 0 Å². The molecule has 0 atom stereocenters. The van der Waals surface area contributed by atoms with E-state index in [1.807, 2.05) is 48.5 Å².